The van der Waals surface area contributed by atoms with Crippen LogP contribution in [-0.4, -0.2) is 56.9 Å². The Labute approximate surface area is 131 Å². The van der Waals surface area contributed by atoms with Gasteiger partial charge < -0.3 is 20.5 Å². The van der Waals surface area contributed by atoms with Crippen molar-refractivity contribution in [2.45, 2.75) is 19.0 Å². The lowest BCUT2D eigenvalue weighted by atomic mass is 10.1. The number of hydrogen-bond donors (Lipinski definition) is 2. The SMILES string of the molecule is COCC(N)C(=O)Nc1cccc(C(C)N2CCOCC2)c1. The van der Waals surface area contributed by atoms with Crippen LogP contribution < -0.4 is 11.1 Å². The average molecular weight is 307 g/mol. The molecule has 2 rings (SSSR count). The molecule has 1 aromatic rings. The summed E-state index contributed by atoms with van der Waals surface area (Å²) in [5, 5.41) is 2.84. The molecule has 1 amide bonds. The molecule has 2 unspecified atom stereocenters. The Morgan fingerprint density at radius 1 is 1.45 bits per heavy atom. The van der Waals surface area contributed by atoms with Gasteiger partial charge in [0.25, 0.3) is 0 Å². The molecule has 0 saturated carbocycles. The highest BCUT2D eigenvalue weighted by atomic mass is 16.5. The van der Waals surface area contributed by atoms with Crippen molar-refractivity contribution in [1.82, 2.24) is 4.90 Å². The lowest BCUT2D eigenvalue weighted by Gasteiger charge is -2.32. The van der Waals surface area contributed by atoms with Gasteiger partial charge in [-0.3, -0.25) is 9.69 Å². The topological polar surface area (TPSA) is 76.8 Å². The third-order valence-electron chi connectivity index (χ3n) is 3.91. The molecule has 1 aliphatic heterocycles. The number of nitrogens with zero attached hydrogens (tertiary/aromatic N) is 1. The molecule has 122 valence electrons. The first-order valence-electron chi connectivity index (χ1n) is 7.59. The van der Waals surface area contributed by atoms with E-state index in [0.29, 0.717) is 0 Å². The highest BCUT2D eigenvalue weighted by Crippen LogP contribution is 2.23. The van der Waals surface area contributed by atoms with Crippen LogP contribution in [0, 0.1) is 0 Å². The number of ether oxygens (including phenoxy) is 2. The Hall–Kier alpha value is -1.47. The average Bonchev–Trinajstić information content (AvgIpc) is 2.55. The van der Waals surface area contributed by atoms with Crippen molar-refractivity contribution >= 4 is 11.6 Å². The van der Waals surface area contributed by atoms with Crippen LogP contribution in [0.15, 0.2) is 24.3 Å². The lowest BCUT2D eigenvalue weighted by molar-refractivity contribution is -0.118. The summed E-state index contributed by atoms with van der Waals surface area (Å²) in [5.74, 6) is -0.238. The Morgan fingerprint density at radius 3 is 2.86 bits per heavy atom. The van der Waals surface area contributed by atoms with Crippen LogP contribution in [0.3, 0.4) is 0 Å². The molecular formula is C16H25N3O3. The molecule has 0 spiro atoms. The number of benzene rings is 1. The number of carbonyl (C=O) groups excluding carboxylic acids is 1. The fourth-order valence-corrected chi connectivity index (χ4v) is 2.54. The van der Waals surface area contributed by atoms with Crippen molar-refractivity contribution in [2.24, 2.45) is 5.73 Å². The Morgan fingerprint density at radius 2 is 2.18 bits per heavy atom. The molecule has 1 aromatic carbocycles. The smallest absolute Gasteiger partial charge is 0.243 e. The molecule has 6 nitrogen and oxygen atoms in total. The highest BCUT2D eigenvalue weighted by Gasteiger charge is 2.19. The Kier molecular flexibility index (Phi) is 6.33. The number of nitrogens with one attached hydrogen (secondary N) is 1. The third kappa shape index (κ3) is 4.51. The van der Waals surface area contributed by atoms with E-state index in [2.05, 4.69) is 23.2 Å². The molecule has 1 heterocycles. The van der Waals surface area contributed by atoms with Gasteiger partial charge in [0, 0.05) is 31.9 Å². The first-order valence-corrected chi connectivity index (χ1v) is 7.59. The predicted molar refractivity (Wildman–Crippen MR) is 85.7 cm³/mol. The van der Waals surface area contributed by atoms with Gasteiger partial charge in [0.05, 0.1) is 19.8 Å². The normalized spacial score (nSPS) is 18.7. The molecule has 0 aliphatic carbocycles. The lowest BCUT2D eigenvalue weighted by Crippen LogP contribution is -2.39. The zero-order chi connectivity index (χ0) is 15.9. The van der Waals surface area contributed by atoms with Gasteiger partial charge in [-0.1, -0.05) is 12.1 Å². The molecule has 0 bridgehead atoms. The maximum Gasteiger partial charge on any atom is 0.243 e. The molecule has 6 heteroatoms. The molecule has 0 radical (unpaired) electrons. The second kappa shape index (κ2) is 8.24. The predicted octanol–water partition coefficient (Wildman–Crippen LogP) is 0.992. The molecule has 1 saturated heterocycles. The maximum absolute atomic E-state index is 11.9. The number of rotatable bonds is 6. The minimum atomic E-state index is -0.662. The molecule has 2 atom stereocenters. The quantitative estimate of drug-likeness (QED) is 0.819. The van der Waals surface area contributed by atoms with Crippen LogP contribution in [0.5, 0.6) is 0 Å². The molecule has 3 N–H and O–H groups in total. The van der Waals surface area contributed by atoms with E-state index in [-0.39, 0.29) is 18.6 Å². The van der Waals surface area contributed by atoms with Crippen molar-refractivity contribution in [3.63, 3.8) is 0 Å². The van der Waals surface area contributed by atoms with Crippen molar-refractivity contribution in [3.8, 4) is 0 Å². The van der Waals surface area contributed by atoms with Gasteiger partial charge in [-0.05, 0) is 24.6 Å². The van der Waals surface area contributed by atoms with Gasteiger partial charge in [-0.15, -0.1) is 0 Å². The third-order valence-corrected chi connectivity index (χ3v) is 3.91. The second-order valence-corrected chi connectivity index (χ2v) is 5.50. The molecule has 1 fully saturated rings. The zero-order valence-corrected chi connectivity index (χ0v) is 13.2. The van der Waals surface area contributed by atoms with Crippen LogP contribution in [0.2, 0.25) is 0 Å². The summed E-state index contributed by atoms with van der Waals surface area (Å²) in [6, 6.07) is 7.51. The van der Waals surface area contributed by atoms with Gasteiger partial charge >= 0.3 is 0 Å². The van der Waals surface area contributed by atoms with Gasteiger partial charge in [-0.25, -0.2) is 0 Å². The monoisotopic (exact) mass is 307 g/mol. The fraction of sp³-hybridized carbons (Fsp3) is 0.562. The van der Waals surface area contributed by atoms with E-state index in [1.807, 2.05) is 18.2 Å². The van der Waals surface area contributed by atoms with Crippen LogP contribution >= 0.6 is 0 Å². The van der Waals surface area contributed by atoms with Crippen LogP contribution in [0.4, 0.5) is 5.69 Å². The minimum Gasteiger partial charge on any atom is -0.383 e. The Bertz CT molecular complexity index is 489. The van der Waals surface area contributed by atoms with Crippen molar-refractivity contribution in [1.29, 1.82) is 0 Å². The van der Waals surface area contributed by atoms with Crippen molar-refractivity contribution in [3.05, 3.63) is 29.8 Å². The van der Waals surface area contributed by atoms with E-state index in [1.165, 1.54) is 12.7 Å². The number of methoxy groups -OCH3 is 1. The summed E-state index contributed by atoms with van der Waals surface area (Å²) in [4.78, 5) is 14.3. The largest absolute Gasteiger partial charge is 0.383 e. The molecular weight excluding hydrogens is 282 g/mol. The zero-order valence-electron chi connectivity index (χ0n) is 13.2. The summed E-state index contributed by atoms with van der Waals surface area (Å²) in [6.45, 7) is 5.77. The summed E-state index contributed by atoms with van der Waals surface area (Å²) in [5.41, 5.74) is 7.66. The number of amides is 1. The first kappa shape index (κ1) is 16.9. The standard InChI is InChI=1S/C16H25N3O3/c1-12(19-6-8-22-9-7-19)13-4-3-5-14(10-13)18-16(20)15(17)11-21-2/h3-5,10,12,15H,6-9,11,17H2,1-2H3,(H,18,20). The maximum atomic E-state index is 11.9. The van der Waals surface area contributed by atoms with Crippen molar-refractivity contribution in [2.75, 3.05) is 45.3 Å². The number of hydrogen-bond acceptors (Lipinski definition) is 5. The van der Waals surface area contributed by atoms with E-state index in [4.69, 9.17) is 15.2 Å². The Balaban J connectivity index is 2.01. The molecule has 22 heavy (non-hydrogen) atoms. The van der Waals surface area contributed by atoms with E-state index >= 15 is 0 Å². The number of anilines is 1. The number of morpholine rings is 1. The fourth-order valence-electron chi connectivity index (χ4n) is 2.54. The summed E-state index contributed by atoms with van der Waals surface area (Å²) >= 11 is 0. The van der Waals surface area contributed by atoms with E-state index < -0.39 is 6.04 Å². The first-order chi connectivity index (χ1) is 10.6. The summed E-state index contributed by atoms with van der Waals surface area (Å²) < 4.78 is 10.3. The van der Waals surface area contributed by atoms with E-state index in [9.17, 15) is 4.79 Å². The minimum absolute atomic E-state index is 0.204. The van der Waals surface area contributed by atoms with Crippen LogP contribution in [-0.2, 0) is 14.3 Å². The highest BCUT2D eigenvalue weighted by molar-refractivity contribution is 5.94. The number of nitrogens with two attached hydrogens (primary N) is 1. The summed E-state index contributed by atoms with van der Waals surface area (Å²) in [6.07, 6.45) is 0. The van der Waals surface area contributed by atoms with E-state index in [0.717, 1.165) is 32.0 Å². The molecule has 1 aliphatic rings. The van der Waals surface area contributed by atoms with Gasteiger partial charge in [-0.2, -0.15) is 0 Å². The van der Waals surface area contributed by atoms with E-state index in [1.54, 1.807) is 0 Å². The number of carbonyl (C=O) groups is 1. The van der Waals surface area contributed by atoms with Crippen LogP contribution in [0.25, 0.3) is 0 Å². The second-order valence-electron chi connectivity index (χ2n) is 5.50. The van der Waals surface area contributed by atoms with Crippen molar-refractivity contribution < 1.29 is 14.3 Å². The van der Waals surface area contributed by atoms with Gasteiger partial charge in [0.2, 0.25) is 5.91 Å². The van der Waals surface area contributed by atoms with Gasteiger partial charge in [0.15, 0.2) is 0 Å². The summed E-state index contributed by atoms with van der Waals surface area (Å²) in [7, 11) is 1.53. The van der Waals surface area contributed by atoms with Gasteiger partial charge in [0.1, 0.15) is 6.04 Å². The molecule has 0 aromatic heterocycles. The van der Waals surface area contributed by atoms with Crippen LogP contribution in [0.1, 0.15) is 18.5 Å².